The minimum atomic E-state index is -0.565. The Morgan fingerprint density at radius 2 is 2.07 bits per heavy atom. The Hall–Kier alpha value is -3.14. The third-order valence-corrected chi connectivity index (χ3v) is 4.99. The number of benzene rings is 1. The molecular weight excluding hydrogens is 384 g/mol. The van der Waals surface area contributed by atoms with E-state index in [-0.39, 0.29) is 34.3 Å². The summed E-state index contributed by atoms with van der Waals surface area (Å²) in [6.45, 7) is 1.38. The number of carbonyl (C=O) groups excluding carboxylic acids is 1. The predicted molar refractivity (Wildman–Crippen MR) is 104 cm³/mol. The van der Waals surface area contributed by atoms with Crippen LogP contribution in [-0.2, 0) is 11.8 Å². The van der Waals surface area contributed by atoms with Gasteiger partial charge in [0.2, 0.25) is 11.8 Å². The number of rotatable bonds is 4. The van der Waals surface area contributed by atoms with Gasteiger partial charge in [-0.2, -0.15) is 5.10 Å². The summed E-state index contributed by atoms with van der Waals surface area (Å²) in [6.07, 6.45) is 0.218. The number of ether oxygens (including phenoxy) is 2. The zero-order valence-electron chi connectivity index (χ0n) is 15.8. The number of hydrazone groups is 1. The lowest BCUT2D eigenvalue weighted by molar-refractivity contribution is -0.130. The molecule has 0 fully saturated rings. The van der Waals surface area contributed by atoms with Crippen molar-refractivity contribution in [3.63, 3.8) is 0 Å². The van der Waals surface area contributed by atoms with Crippen LogP contribution in [-0.4, -0.2) is 45.5 Å². The Labute approximate surface area is 165 Å². The molecule has 1 aliphatic heterocycles. The maximum absolute atomic E-state index is 12.4. The molecule has 2 N–H and O–H groups in total. The number of amides is 1. The number of aromatic amines is 1. The van der Waals surface area contributed by atoms with Gasteiger partial charge in [-0.25, -0.2) is 5.01 Å². The molecule has 28 heavy (non-hydrogen) atoms. The first kappa shape index (κ1) is 19.6. The largest absolute Gasteiger partial charge is 0.497 e. The molecule has 0 aliphatic carbocycles. The Kier molecular flexibility index (Phi) is 5.23. The van der Waals surface area contributed by atoms with Gasteiger partial charge in [-0.1, -0.05) is 0 Å². The Morgan fingerprint density at radius 3 is 2.68 bits per heavy atom. The van der Waals surface area contributed by atoms with Crippen LogP contribution in [0.4, 0.5) is 0 Å². The van der Waals surface area contributed by atoms with E-state index in [0.717, 1.165) is 0 Å². The van der Waals surface area contributed by atoms with E-state index >= 15 is 0 Å². The predicted octanol–water partition coefficient (Wildman–Crippen LogP) is 1.86. The summed E-state index contributed by atoms with van der Waals surface area (Å²) >= 11 is 5.00. The maximum atomic E-state index is 12.4. The molecule has 2 heterocycles. The number of nitrogens with zero attached hydrogens (tertiary/aromatic N) is 3. The third-order valence-electron chi connectivity index (χ3n) is 4.61. The lowest BCUT2D eigenvalue weighted by atomic mass is 9.98. The summed E-state index contributed by atoms with van der Waals surface area (Å²) in [6, 6.07) is 4.75. The van der Waals surface area contributed by atoms with Gasteiger partial charge in [0.25, 0.3) is 5.56 Å². The quantitative estimate of drug-likeness (QED) is 0.753. The van der Waals surface area contributed by atoms with Gasteiger partial charge >= 0.3 is 0 Å². The number of hydrogen-bond acceptors (Lipinski definition) is 7. The van der Waals surface area contributed by atoms with E-state index in [1.165, 1.54) is 30.7 Å². The number of nitrogens with one attached hydrogen (secondary N) is 1. The topological polar surface area (TPSA) is 109 Å². The Bertz CT molecular complexity index is 1090. The van der Waals surface area contributed by atoms with Crippen LogP contribution < -0.4 is 15.0 Å². The summed E-state index contributed by atoms with van der Waals surface area (Å²) < 4.78 is 12.0. The highest BCUT2D eigenvalue weighted by molar-refractivity contribution is 7.71. The zero-order valence-corrected chi connectivity index (χ0v) is 16.7. The van der Waals surface area contributed by atoms with Crippen LogP contribution in [0.15, 0.2) is 28.1 Å². The molecule has 1 aliphatic rings. The average Bonchev–Trinajstić information content (AvgIpc) is 3.10. The van der Waals surface area contributed by atoms with Gasteiger partial charge in [-0.15, -0.1) is 0 Å². The van der Waals surface area contributed by atoms with E-state index < -0.39 is 11.6 Å². The average molecular weight is 404 g/mol. The number of methoxy groups -OCH3 is 2. The van der Waals surface area contributed by atoms with Gasteiger partial charge in [0, 0.05) is 32.0 Å². The number of H-pyrrole nitrogens is 1. The fraction of sp³-hybridized carbons (Fsp3) is 0.333. The van der Waals surface area contributed by atoms with Crippen LogP contribution in [0.1, 0.15) is 30.5 Å². The number of carbonyl (C=O) groups is 1. The minimum absolute atomic E-state index is 0.0164. The first-order valence-electron chi connectivity index (χ1n) is 8.40. The van der Waals surface area contributed by atoms with Crippen molar-refractivity contribution in [2.24, 2.45) is 12.1 Å². The molecule has 0 bridgehead atoms. The van der Waals surface area contributed by atoms with Crippen molar-refractivity contribution in [3.05, 3.63) is 44.5 Å². The van der Waals surface area contributed by atoms with E-state index in [0.29, 0.717) is 17.1 Å². The summed E-state index contributed by atoms with van der Waals surface area (Å²) in [7, 11) is 4.59. The molecule has 1 amide bonds. The highest BCUT2D eigenvalue weighted by Crippen LogP contribution is 2.39. The Balaban J connectivity index is 2.11. The summed E-state index contributed by atoms with van der Waals surface area (Å²) in [4.78, 5) is 27.1. The highest BCUT2D eigenvalue weighted by Gasteiger charge is 2.35. The highest BCUT2D eigenvalue weighted by atomic mass is 32.1. The molecule has 0 saturated carbocycles. The lowest BCUT2D eigenvalue weighted by Gasteiger charge is -2.22. The molecular formula is C18H20N4O5S. The van der Waals surface area contributed by atoms with Crippen molar-refractivity contribution >= 4 is 23.8 Å². The van der Waals surface area contributed by atoms with Crippen molar-refractivity contribution < 1.29 is 19.4 Å². The van der Waals surface area contributed by atoms with Crippen molar-refractivity contribution in [1.82, 2.24) is 14.6 Å². The first-order valence-corrected chi connectivity index (χ1v) is 8.81. The molecule has 0 radical (unpaired) electrons. The fourth-order valence-corrected chi connectivity index (χ4v) is 3.34. The minimum Gasteiger partial charge on any atom is -0.497 e. The van der Waals surface area contributed by atoms with E-state index in [1.807, 2.05) is 0 Å². The van der Waals surface area contributed by atoms with Crippen LogP contribution in [0.5, 0.6) is 17.4 Å². The number of aromatic hydroxyl groups is 1. The summed E-state index contributed by atoms with van der Waals surface area (Å²) in [5, 5.41) is 16.0. The van der Waals surface area contributed by atoms with Crippen LogP contribution in [0.25, 0.3) is 0 Å². The number of hydrogen-bond donors (Lipinski definition) is 2. The monoisotopic (exact) mass is 404 g/mol. The first-order chi connectivity index (χ1) is 13.3. The van der Waals surface area contributed by atoms with Crippen LogP contribution in [0, 0.1) is 4.77 Å². The van der Waals surface area contributed by atoms with E-state index in [9.17, 15) is 14.7 Å². The van der Waals surface area contributed by atoms with Crippen LogP contribution in [0.3, 0.4) is 0 Å². The maximum Gasteiger partial charge on any atom is 0.264 e. The summed E-state index contributed by atoms with van der Waals surface area (Å²) in [5.41, 5.74) is 0.405. The number of aromatic nitrogens is 2. The SMILES string of the molecule is COc1ccc([C@H]2CC(c3c(O)n(C)c(=S)[nH]c3=O)=NN2C(C)=O)c(OC)c1. The lowest BCUT2D eigenvalue weighted by Crippen LogP contribution is -2.24. The van der Waals surface area contributed by atoms with Crippen molar-refractivity contribution in [2.45, 2.75) is 19.4 Å². The van der Waals surface area contributed by atoms with Gasteiger partial charge in [-0.3, -0.25) is 19.1 Å². The third kappa shape index (κ3) is 3.26. The van der Waals surface area contributed by atoms with Crippen molar-refractivity contribution in [1.29, 1.82) is 0 Å². The van der Waals surface area contributed by atoms with Gasteiger partial charge in [0.1, 0.15) is 17.1 Å². The van der Waals surface area contributed by atoms with Crippen LogP contribution >= 0.6 is 12.2 Å². The molecule has 0 unspecified atom stereocenters. The van der Waals surface area contributed by atoms with Crippen molar-refractivity contribution in [3.8, 4) is 17.4 Å². The molecule has 2 aromatic rings. The van der Waals surface area contributed by atoms with E-state index in [2.05, 4.69) is 10.1 Å². The van der Waals surface area contributed by atoms with Gasteiger partial charge < -0.3 is 14.6 Å². The standard InChI is InChI=1S/C18H20N4O5S/c1-9(23)22-13(11-6-5-10(26-3)7-14(11)27-4)8-12(20-22)15-16(24)19-18(28)21(2)17(15)25/h5-7,13,25H,8H2,1-4H3,(H,19,24,28)/t13-/m1/s1. The van der Waals surface area contributed by atoms with Gasteiger partial charge in [0.15, 0.2) is 4.77 Å². The fourth-order valence-electron chi connectivity index (χ4n) is 3.16. The molecule has 0 saturated heterocycles. The van der Waals surface area contributed by atoms with E-state index in [4.69, 9.17) is 21.7 Å². The zero-order chi connectivity index (χ0) is 20.6. The second-order valence-electron chi connectivity index (χ2n) is 6.25. The van der Waals surface area contributed by atoms with Gasteiger partial charge in [0.05, 0.1) is 26.0 Å². The molecule has 0 spiro atoms. The normalized spacial score (nSPS) is 16.1. The molecule has 1 aromatic heterocycles. The smallest absolute Gasteiger partial charge is 0.264 e. The second kappa shape index (κ2) is 7.47. The molecule has 1 aromatic carbocycles. The molecule has 3 rings (SSSR count). The molecule has 10 heteroatoms. The molecule has 1 atom stereocenters. The van der Waals surface area contributed by atoms with Gasteiger partial charge in [-0.05, 0) is 24.4 Å². The Morgan fingerprint density at radius 1 is 1.36 bits per heavy atom. The van der Waals surface area contributed by atoms with Crippen molar-refractivity contribution in [2.75, 3.05) is 14.2 Å². The second-order valence-corrected chi connectivity index (χ2v) is 6.64. The summed E-state index contributed by atoms with van der Waals surface area (Å²) in [5.74, 6) is 0.518. The van der Waals surface area contributed by atoms with E-state index in [1.54, 1.807) is 25.3 Å². The van der Waals surface area contributed by atoms with Crippen LogP contribution in [0.2, 0.25) is 0 Å². The molecule has 148 valence electrons. The molecule has 9 nitrogen and oxygen atoms in total.